The first-order valence-corrected chi connectivity index (χ1v) is 13.8. The SMILES string of the molecule is CC(Cc1ccc2c(c1)cc(C(=O)O)n2Cc1cccc(P(=O)(O)O)c1)NCC(O)COc1ccccc1. The van der Waals surface area contributed by atoms with Gasteiger partial charge in [0, 0.05) is 30.0 Å². The van der Waals surface area contributed by atoms with E-state index in [0.29, 0.717) is 29.8 Å². The minimum absolute atomic E-state index is 0.0512. The molecule has 10 heteroatoms. The summed E-state index contributed by atoms with van der Waals surface area (Å²) in [6.45, 7) is 2.71. The van der Waals surface area contributed by atoms with Crippen molar-refractivity contribution in [2.75, 3.05) is 13.2 Å². The fourth-order valence-electron chi connectivity index (χ4n) is 4.34. The van der Waals surface area contributed by atoms with E-state index in [-0.39, 0.29) is 30.2 Å². The molecule has 0 aliphatic carbocycles. The second-order valence-electron chi connectivity index (χ2n) is 9.32. The first kappa shape index (κ1) is 27.6. The Bertz CT molecular complexity index is 1450. The number of carboxylic acids is 1. The van der Waals surface area contributed by atoms with Gasteiger partial charge in [-0.2, -0.15) is 0 Å². The van der Waals surface area contributed by atoms with E-state index in [1.807, 2.05) is 55.5 Å². The largest absolute Gasteiger partial charge is 0.491 e. The van der Waals surface area contributed by atoms with Crippen LogP contribution in [0.2, 0.25) is 0 Å². The number of aromatic carboxylic acids is 1. The van der Waals surface area contributed by atoms with E-state index < -0.39 is 19.7 Å². The molecule has 0 fully saturated rings. The van der Waals surface area contributed by atoms with Crippen LogP contribution in [0.25, 0.3) is 10.9 Å². The van der Waals surface area contributed by atoms with Crippen molar-refractivity contribution in [3.8, 4) is 5.75 Å². The summed E-state index contributed by atoms with van der Waals surface area (Å²) in [5.74, 6) is -0.384. The van der Waals surface area contributed by atoms with E-state index in [2.05, 4.69) is 5.32 Å². The number of aromatic nitrogens is 1. The molecule has 0 saturated carbocycles. The fraction of sp³-hybridized carbons (Fsp3) is 0.250. The molecule has 0 aliphatic heterocycles. The molecule has 0 spiro atoms. The molecule has 200 valence electrons. The number of nitrogens with one attached hydrogen (secondary N) is 1. The summed E-state index contributed by atoms with van der Waals surface area (Å²) >= 11 is 0. The van der Waals surface area contributed by atoms with Crippen molar-refractivity contribution in [3.05, 3.63) is 95.7 Å². The van der Waals surface area contributed by atoms with Crippen molar-refractivity contribution < 1.29 is 34.1 Å². The number of benzene rings is 3. The maximum absolute atomic E-state index is 12.0. The zero-order valence-corrected chi connectivity index (χ0v) is 21.8. The summed E-state index contributed by atoms with van der Waals surface area (Å²) in [6, 6.07) is 22.7. The number of rotatable bonds is 12. The lowest BCUT2D eigenvalue weighted by Crippen LogP contribution is -2.37. The van der Waals surface area contributed by atoms with Gasteiger partial charge in [0.05, 0.1) is 5.30 Å². The molecule has 0 aliphatic rings. The molecule has 1 aromatic heterocycles. The van der Waals surface area contributed by atoms with Gasteiger partial charge in [-0.25, -0.2) is 4.79 Å². The number of ether oxygens (including phenoxy) is 1. The van der Waals surface area contributed by atoms with Gasteiger partial charge in [0.25, 0.3) is 0 Å². The minimum Gasteiger partial charge on any atom is -0.491 e. The highest BCUT2D eigenvalue weighted by Gasteiger charge is 2.19. The number of nitrogens with zero attached hydrogens (tertiary/aromatic N) is 1. The van der Waals surface area contributed by atoms with E-state index in [9.17, 15) is 29.4 Å². The van der Waals surface area contributed by atoms with Crippen molar-refractivity contribution in [1.82, 2.24) is 9.88 Å². The maximum Gasteiger partial charge on any atom is 0.356 e. The van der Waals surface area contributed by atoms with Crippen LogP contribution in [0.1, 0.15) is 28.5 Å². The Balaban J connectivity index is 1.43. The predicted molar refractivity (Wildman–Crippen MR) is 145 cm³/mol. The number of aliphatic hydroxyl groups is 1. The number of aliphatic hydroxyl groups excluding tert-OH is 1. The third kappa shape index (κ3) is 7.10. The summed E-state index contributed by atoms with van der Waals surface area (Å²) in [5.41, 5.74) is 2.39. The summed E-state index contributed by atoms with van der Waals surface area (Å²) in [7, 11) is -4.42. The van der Waals surface area contributed by atoms with E-state index in [1.165, 1.54) is 12.1 Å². The topological polar surface area (TPSA) is 141 Å². The molecule has 2 atom stereocenters. The third-order valence-corrected chi connectivity index (χ3v) is 7.15. The van der Waals surface area contributed by atoms with Crippen LogP contribution in [0.15, 0.2) is 78.9 Å². The van der Waals surface area contributed by atoms with Gasteiger partial charge < -0.3 is 34.6 Å². The van der Waals surface area contributed by atoms with Crippen molar-refractivity contribution in [2.45, 2.75) is 32.0 Å². The molecule has 0 radical (unpaired) electrons. The van der Waals surface area contributed by atoms with Crippen molar-refractivity contribution in [3.63, 3.8) is 0 Å². The van der Waals surface area contributed by atoms with E-state index >= 15 is 0 Å². The molecule has 4 rings (SSSR count). The van der Waals surface area contributed by atoms with Gasteiger partial charge in [0.15, 0.2) is 0 Å². The normalized spacial score (nSPS) is 13.4. The average molecular weight is 539 g/mol. The summed E-state index contributed by atoms with van der Waals surface area (Å²) < 4.78 is 18.9. The molecule has 0 bridgehead atoms. The monoisotopic (exact) mass is 538 g/mol. The zero-order chi connectivity index (χ0) is 27.3. The van der Waals surface area contributed by atoms with E-state index in [1.54, 1.807) is 22.8 Å². The molecule has 0 amide bonds. The number of para-hydroxylation sites is 1. The average Bonchev–Trinajstić information content (AvgIpc) is 3.24. The molecule has 2 unspecified atom stereocenters. The number of hydrogen-bond donors (Lipinski definition) is 5. The molecule has 38 heavy (non-hydrogen) atoms. The quantitative estimate of drug-likeness (QED) is 0.173. The molecule has 9 nitrogen and oxygen atoms in total. The standard InChI is InChI=1S/C28H31N2O7P/c1-19(29-16-23(31)18-37-24-7-3-2-4-8-24)12-20-10-11-26-22(13-20)15-27(28(32)33)30(26)17-21-6-5-9-25(14-21)38(34,35)36/h2-11,13-15,19,23,29,31H,12,16-18H2,1H3,(H,32,33)(H2,34,35,36). The minimum atomic E-state index is -4.42. The Morgan fingerprint density at radius 3 is 2.47 bits per heavy atom. The molecule has 0 saturated heterocycles. The Morgan fingerprint density at radius 1 is 1.00 bits per heavy atom. The van der Waals surface area contributed by atoms with Crippen LogP contribution < -0.4 is 15.4 Å². The highest BCUT2D eigenvalue weighted by molar-refractivity contribution is 7.60. The Morgan fingerprint density at radius 2 is 1.76 bits per heavy atom. The lowest BCUT2D eigenvalue weighted by molar-refractivity contribution is 0.0686. The van der Waals surface area contributed by atoms with Crippen molar-refractivity contribution >= 4 is 29.8 Å². The van der Waals surface area contributed by atoms with Crippen LogP contribution in [-0.2, 0) is 17.5 Å². The number of carboxylic acid groups (broad SMARTS) is 1. The van der Waals surface area contributed by atoms with Gasteiger partial charge in [-0.3, -0.25) is 4.57 Å². The van der Waals surface area contributed by atoms with Gasteiger partial charge in [-0.05, 0) is 66.9 Å². The Kier molecular flexibility index (Phi) is 8.66. The van der Waals surface area contributed by atoms with E-state index in [4.69, 9.17) is 4.74 Å². The van der Waals surface area contributed by atoms with Gasteiger partial charge in [0.1, 0.15) is 24.2 Å². The number of fused-ring (bicyclic) bond motifs is 1. The van der Waals surface area contributed by atoms with E-state index in [0.717, 1.165) is 10.9 Å². The Hall–Kier alpha value is -3.46. The van der Waals surface area contributed by atoms with Crippen LogP contribution >= 0.6 is 7.60 Å². The predicted octanol–water partition coefficient (Wildman–Crippen LogP) is 3.15. The van der Waals surface area contributed by atoms with Gasteiger partial charge in [-0.15, -0.1) is 0 Å². The third-order valence-electron chi connectivity index (χ3n) is 6.20. The molecule has 4 aromatic rings. The van der Waals surface area contributed by atoms with Crippen molar-refractivity contribution in [1.29, 1.82) is 0 Å². The van der Waals surface area contributed by atoms with Crippen LogP contribution in [0.5, 0.6) is 5.75 Å². The molecule has 5 N–H and O–H groups in total. The van der Waals surface area contributed by atoms with Gasteiger partial charge in [0.2, 0.25) is 0 Å². The lowest BCUT2D eigenvalue weighted by Gasteiger charge is -2.18. The highest BCUT2D eigenvalue weighted by Crippen LogP contribution is 2.33. The first-order valence-electron chi connectivity index (χ1n) is 12.2. The van der Waals surface area contributed by atoms with Gasteiger partial charge in [-0.1, -0.05) is 36.4 Å². The van der Waals surface area contributed by atoms with Crippen LogP contribution in [-0.4, -0.2) is 55.8 Å². The molecular weight excluding hydrogens is 507 g/mol. The second-order valence-corrected chi connectivity index (χ2v) is 10.9. The van der Waals surface area contributed by atoms with Gasteiger partial charge >= 0.3 is 13.6 Å². The molecular formula is C28H31N2O7P. The van der Waals surface area contributed by atoms with Crippen LogP contribution in [0.3, 0.4) is 0 Å². The fourth-order valence-corrected chi connectivity index (χ4v) is 4.96. The first-order chi connectivity index (χ1) is 18.1. The molecule has 3 aromatic carbocycles. The van der Waals surface area contributed by atoms with Crippen LogP contribution in [0.4, 0.5) is 0 Å². The summed E-state index contributed by atoms with van der Waals surface area (Å²) in [5, 5.41) is 24.0. The maximum atomic E-state index is 12.0. The molecule has 1 heterocycles. The smallest absolute Gasteiger partial charge is 0.356 e. The lowest BCUT2D eigenvalue weighted by atomic mass is 10.0. The number of carbonyl (C=O) groups is 1. The Labute approximate surface area is 220 Å². The highest BCUT2D eigenvalue weighted by atomic mass is 31.2. The van der Waals surface area contributed by atoms with Crippen LogP contribution in [0, 0.1) is 0 Å². The second kappa shape index (κ2) is 11.9. The van der Waals surface area contributed by atoms with Crippen molar-refractivity contribution in [2.24, 2.45) is 0 Å². The zero-order valence-electron chi connectivity index (χ0n) is 20.9. The summed E-state index contributed by atoms with van der Waals surface area (Å²) in [6.07, 6.45) is -0.00325. The number of hydrogen-bond acceptors (Lipinski definition) is 5. The summed E-state index contributed by atoms with van der Waals surface area (Å²) in [4.78, 5) is 30.9.